The number of carboxylic acids is 6. The fraction of sp³-hybridized carbons (Fsp3) is 0.173. The number of phenolic OH excluding ortho intramolecular Hbond substituents is 4. The smallest absolute Gasteiger partial charge is 0.387 e. The van der Waals surface area contributed by atoms with E-state index < -0.39 is 71.9 Å². The van der Waals surface area contributed by atoms with E-state index in [0.717, 1.165) is 25.0 Å². The Bertz CT molecular complexity index is 7240. The number of phenols is 4. The Balaban J connectivity index is 0.000000172. The van der Waals surface area contributed by atoms with Crippen molar-refractivity contribution in [2.24, 2.45) is 11.5 Å². The first-order chi connectivity index (χ1) is 64.7. The van der Waals surface area contributed by atoms with Crippen molar-refractivity contribution < 1.29 is 126 Å². The van der Waals surface area contributed by atoms with Crippen LogP contribution in [0.4, 0.5) is 13.2 Å². The number of carboxylic acid groups (broad SMARTS) is 6. The average molecular weight is 2000 g/mol. The van der Waals surface area contributed by atoms with E-state index in [1.54, 1.807) is 126 Å². The van der Waals surface area contributed by atoms with Crippen LogP contribution in [0.1, 0.15) is 127 Å². The quantitative estimate of drug-likeness (QED) is 0.0265. The lowest BCUT2D eigenvalue weighted by atomic mass is 10.1. The van der Waals surface area contributed by atoms with Crippen LogP contribution in [0, 0.1) is 40.4 Å². The molecule has 5 heterocycles. The van der Waals surface area contributed by atoms with Crippen molar-refractivity contribution >= 4 is 189 Å². The molecule has 10 aromatic carbocycles. The van der Waals surface area contributed by atoms with E-state index in [9.17, 15) is 91.4 Å². The zero-order chi connectivity index (χ0) is 101. The summed E-state index contributed by atoms with van der Waals surface area (Å²) in [4.78, 5) is 131. The van der Waals surface area contributed by atoms with Crippen LogP contribution >= 0.6 is 69.6 Å². The molecule has 30 nitrogen and oxygen atoms in total. The van der Waals surface area contributed by atoms with Crippen LogP contribution in [0.2, 0.25) is 30.1 Å². The van der Waals surface area contributed by atoms with Gasteiger partial charge in [-0.25, -0.2) is 4.39 Å². The summed E-state index contributed by atoms with van der Waals surface area (Å²) >= 11 is 35.7. The molecule has 15 aromatic rings. The number of rotatable bonds is 23. The second-order valence-corrected chi connectivity index (χ2v) is 33.1. The normalized spacial score (nSPS) is 11.1. The Hall–Kier alpha value is -14.7. The molecule has 5 aromatic heterocycles. The maximum absolute atomic E-state index is 13.8. The number of carbonyl (C=O) groups is 11. The molecular formula is C98H84Cl6F3N7O23. The van der Waals surface area contributed by atoms with Crippen LogP contribution in [-0.2, 0) is 60.9 Å². The first-order valence-corrected chi connectivity index (χ1v) is 43.2. The maximum Gasteiger partial charge on any atom is 0.387 e. The number of aromatic nitrogens is 5. The molecule has 0 spiro atoms. The Labute approximate surface area is 806 Å². The van der Waals surface area contributed by atoms with Gasteiger partial charge in [0.2, 0.25) is 0 Å². The molecule has 712 valence electrons. The predicted octanol–water partition coefficient (Wildman–Crippen LogP) is 19.3. The van der Waals surface area contributed by atoms with Crippen LogP contribution < -0.4 is 20.9 Å². The van der Waals surface area contributed by atoms with Gasteiger partial charge in [0, 0.05) is 104 Å². The van der Waals surface area contributed by atoms with Crippen LogP contribution in [-0.4, -0.2) is 166 Å². The van der Waals surface area contributed by atoms with Crippen molar-refractivity contribution in [1.29, 1.82) is 0 Å². The molecule has 39 heteroatoms. The van der Waals surface area contributed by atoms with Gasteiger partial charge in [0.05, 0.1) is 81.9 Å². The highest BCUT2D eigenvalue weighted by Gasteiger charge is 2.30. The number of aliphatic carboxylic acids is 6. The molecule has 15 rings (SSSR count). The number of aromatic hydroxyl groups is 4. The van der Waals surface area contributed by atoms with Crippen molar-refractivity contribution in [2.45, 2.75) is 98.6 Å². The number of ether oxygens (including phenoxy) is 2. The number of nitrogens with two attached hydrogens (primary N) is 2. The lowest BCUT2D eigenvalue weighted by Gasteiger charge is -2.09. The number of methoxy groups -OCH3 is 1. The lowest BCUT2D eigenvalue weighted by Crippen LogP contribution is -2.29. The molecule has 14 N–H and O–H groups in total. The van der Waals surface area contributed by atoms with E-state index in [0.29, 0.717) is 171 Å². The first kappa shape index (κ1) is 104. The third-order valence-electron chi connectivity index (χ3n) is 21.7. The molecular weight excluding hydrogens is 1910 g/mol. The SMILES string of the molecule is COc1cc2c(CC(=O)O)c(C)n(C(=O)c3ccc(Cl)cc3)c2cc1Cl.Cc1c(CC(=O)O)c2cc(O)c(F)cc2n1C(=O)c1ccc(Cl)cc1.Cc1c(CC(=O)O)c2cc(O)ccc2n1C(=O)c1ccc(Cl)c(Cl)c1.Cc1c(CC(=O)O)c2cc(O)ccc2n1C(=O)c1ccc(Cl)cc1.Cc1c(CC(=O)O)c2cc(O)ccc2n1C(=O)c1ccc(OC(F)F)cc1.NCCCCC(N)C(=O)O. The van der Waals surface area contributed by atoms with Gasteiger partial charge in [-0.2, -0.15) is 8.78 Å². The zero-order valence-electron chi connectivity index (χ0n) is 73.1. The van der Waals surface area contributed by atoms with Gasteiger partial charge in [0.1, 0.15) is 34.8 Å². The van der Waals surface area contributed by atoms with Gasteiger partial charge >= 0.3 is 42.4 Å². The highest BCUT2D eigenvalue weighted by atomic mass is 35.5. The van der Waals surface area contributed by atoms with Crippen LogP contribution in [0.5, 0.6) is 34.5 Å². The van der Waals surface area contributed by atoms with E-state index in [1.807, 2.05) is 0 Å². The Morgan fingerprint density at radius 1 is 0.358 bits per heavy atom. The Morgan fingerprint density at radius 2 is 0.657 bits per heavy atom. The van der Waals surface area contributed by atoms with Crippen molar-refractivity contribution in [3.05, 3.63) is 314 Å². The summed E-state index contributed by atoms with van der Waals surface area (Å²) in [7, 11) is 1.48. The minimum atomic E-state index is -2.96. The van der Waals surface area contributed by atoms with Gasteiger partial charge in [-0.15, -0.1) is 0 Å². The Kier molecular flexibility index (Phi) is 34.7. The molecule has 0 amide bonds. The number of carbonyl (C=O) groups excluding carboxylic acids is 5. The van der Waals surface area contributed by atoms with E-state index >= 15 is 0 Å². The first-order valence-electron chi connectivity index (χ1n) is 40.9. The molecule has 1 atom stereocenters. The molecule has 0 aliphatic heterocycles. The van der Waals surface area contributed by atoms with Gasteiger partial charge in [-0.1, -0.05) is 76.0 Å². The van der Waals surface area contributed by atoms with Gasteiger partial charge in [-0.3, -0.25) is 75.6 Å². The lowest BCUT2D eigenvalue weighted by molar-refractivity contribution is -0.139. The largest absolute Gasteiger partial charge is 0.508 e. The minimum Gasteiger partial charge on any atom is -0.508 e. The van der Waals surface area contributed by atoms with Crippen molar-refractivity contribution in [1.82, 2.24) is 22.8 Å². The van der Waals surface area contributed by atoms with Gasteiger partial charge in [-0.05, 0) is 270 Å². The summed E-state index contributed by atoms with van der Waals surface area (Å²) in [5.74, 6) is -9.11. The second-order valence-electron chi connectivity index (χ2n) is 30.6. The third-order valence-corrected chi connectivity index (χ3v) is 23.5. The third kappa shape index (κ3) is 24.7. The summed E-state index contributed by atoms with van der Waals surface area (Å²) in [6, 6.07) is 47.0. The molecule has 0 aliphatic rings. The molecule has 1 unspecified atom stereocenters. The monoisotopic (exact) mass is 1990 g/mol. The van der Waals surface area contributed by atoms with E-state index in [2.05, 4.69) is 4.74 Å². The highest BCUT2D eigenvalue weighted by Crippen LogP contribution is 2.40. The Morgan fingerprint density at radius 3 is 0.964 bits per heavy atom. The van der Waals surface area contributed by atoms with Crippen LogP contribution in [0.3, 0.4) is 0 Å². The zero-order valence-corrected chi connectivity index (χ0v) is 77.6. The molecule has 0 aliphatic carbocycles. The highest BCUT2D eigenvalue weighted by molar-refractivity contribution is 6.42. The molecule has 0 fully saturated rings. The van der Waals surface area contributed by atoms with Crippen molar-refractivity contribution in [2.75, 3.05) is 13.7 Å². The summed E-state index contributed by atoms with van der Waals surface area (Å²) in [5.41, 5.74) is 19.1. The standard InChI is InChI=1S/C19H15Cl2NO4.C19H15F2NO5.C18H13Cl2NO4.C18H13ClFNO4.C18H14ClNO4.C6H14N2O2/c1-10-13(8-18(23)24)14-7-17(26-2)15(21)9-16(14)22(10)19(25)11-3-5-12(20)6-4-11;1-10-14(9-17(24)25)15-8-12(23)4-7-16(15)22(10)18(26)11-2-5-13(6-3-11)27-19(20)21;1-9-12(8-17(23)24)13-7-11(22)3-5-16(13)21(9)18(25)10-2-4-14(19)15(20)6-10;1-9-12(7-17(23)24)13-6-16(22)14(20)8-15(13)21(9)18(25)10-2-4-11(19)5-3-10;1-10-14(9-17(22)23)15-8-13(21)6-7-16(15)20(10)18(24)11-2-4-12(19)5-3-11;7-4-2-1-3-5(8)6(9)10/h3-7,9H,8H2,1-2H3,(H,23,24);2-8,19,23H,9H2,1H3,(H,24,25);2-7,22H,8H2,1H3,(H,23,24);2-6,8,22H,7H2,1H3,(H,23,24);2-8,21H,9H2,1H3,(H,22,23);5H,1-4,7-8H2,(H,9,10). The van der Waals surface area contributed by atoms with Crippen molar-refractivity contribution in [3.8, 4) is 34.5 Å². The molecule has 0 bridgehead atoms. The van der Waals surface area contributed by atoms with Gasteiger partial charge in [0.15, 0.2) is 11.6 Å². The number of hydrogen-bond acceptors (Lipinski definition) is 19. The van der Waals surface area contributed by atoms with Gasteiger partial charge in [0.25, 0.3) is 29.5 Å². The van der Waals surface area contributed by atoms with E-state index in [-0.39, 0.29) is 88.9 Å². The fourth-order valence-electron chi connectivity index (χ4n) is 15.2. The summed E-state index contributed by atoms with van der Waals surface area (Å²) in [6.07, 6.45) is 0.799. The number of nitrogens with zero attached hydrogens (tertiary/aromatic N) is 5. The van der Waals surface area contributed by atoms with E-state index in [1.165, 1.54) is 121 Å². The molecule has 0 saturated carbocycles. The summed E-state index contributed by atoms with van der Waals surface area (Å²) in [6.45, 7) is 5.92. The van der Waals surface area contributed by atoms with Gasteiger partial charge < -0.3 is 72.0 Å². The number of fused-ring (bicyclic) bond motifs is 5. The number of halogens is 9. The van der Waals surface area contributed by atoms with Crippen LogP contribution in [0.25, 0.3) is 54.5 Å². The summed E-state index contributed by atoms with van der Waals surface area (Å²) in [5, 5.41) is 97.9. The molecule has 0 radical (unpaired) electrons. The van der Waals surface area contributed by atoms with Crippen molar-refractivity contribution in [3.63, 3.8) is 0 Å². The maximum atomic E-state index is 13.8. The number of hydrogen-bond donors (Lipinski definition) is 12. The van der Waals surface area contributed by atoms with Crippen LogP contribution in [0.15, 0.2) is 194 Å². The summed E-state index contributed by atoms with van der Waals surface area (Å²) < 4.78 is 54.8. The fourth-order valence-corrected chi connectivity index (χ4v) is 16.1. The average Bonchev–Trinajstić information content (AvgIpc) is 1.64. The number of benzene rings is 10. The predicted molar refractivity (Wildman–Crippen MR) is 509 cm³/mol. The van der Waals surface area contributed by atoms with E-state index in [4.69, 9.17) is 111 Å². The second kappa shape index (κ2) is 45.6. The minimum absolute atomic E-state index is 0.00160. The number of alkyl halides is 2. The molecule has 0 saturated heterocycles. The number of unbranched alkanes of at least 4 members (excludes halogenated alkanes) is 1. The molecule has 137 heavy (non-hydrogen) atoms. The topological polar surface area (TPSA) is 485 Å².